The predicted molar refractivity (Wildman–Crippen MR) is 46.3 cm³/mol. The van der Waals surface area contributed by atoms with Gasteiger partial charge in [0.15, 0.2) is 0 Å². The SMILES string of the molecule is Cc1ccc(S([NH-])(=O)=O)cc1.O.[Na+]. The Morgan fingerprint density at radius 3 is 1.85 bits per heavy atom. The van der Waals surface area contributed by atoms with Gasteiger partial charge in [-0.15, -0.1) is 0 Å². The molecule has 4 nitrogen and oxygen atoms in total. The van der Waals surface area contributed by atoms with Crippen molar-refractivity contribution in [1.82, 2.24) is 0 Å². The van der Waals surface area contributed by atoms with Crippen LogP contribution in [0.15, 0.2) is 29.2 Å². The zero-order valence-corrected chi connectivity index (χ0v) is 10.4. The minimum atomic E-state index is -3.77. The zero-order chi connectivity index (χ0) is 8.48. The second-order valence-electron chi connectivity index (χ2n) is 2.32. The fourth-order valence-corrected chi connectivity index (χ4v) is 1.21. The van der Waals surface area contributed by atoms with Gasteiger partial charge in [-0.25, -0.2) is 8.42 Å². The first-order chi connectivity index (χ1) is 5.00. The Morgan fingerprint density at radius 2 is 1.54 bits per heavy atom. The van der Waals surface area contributed by atoms with Crippen molar-refractivity contribution < 1.29 is 43.5 Å². The summed E-state index contributed by atoms with van der Waals surface area (Å²) in [5.74, 6) is 0. The molecule has 1 rings (SSSR count). The fourth-order valence-electron chi connectivity index (χ4n) is 0.717. The van der Waals surface area contributed by atoms with Crippen molar-refractivity contribution >= 4 is 10.0 Å². The van der Waals surface area contributed by atoms with Crippen LogP contribution in [0.25, 0.3) is 5.14 Å². The van der Waals surface area contributed by atoms with E-state index >= 15 is 0 Å². The fraction of sp³-hybridized carbons (Fsp3) is 0.143. The molecule has 13 heavy (non-hydrogen) atoms. The van der Waals surface area contributed by atoms with Crippen molar-refractivity contribution in [3.63, 3.8) is 0 Å². The van der Waals surface area contributed by atoms with Crippen molar-refractivity contribution in [2.45, 2.75) is 11.8 Å². The quantitative estimate of drug-likeness (QED) is 0.499. The maximum Gasteiger partial charge on any atom is 1.00 e. The number of benzene rings is 1. The molecular weight excluding hydrogens is 201 g/mol. The van der Waals surface area contributed by atoms with E-state index in [2.05, 4.69) is 0 Å². The van der Waals surface area contributed by atoms with E-state index in [1.54, 1.807) is 12.1 Å². The first-order valence-electron chi connectivity index (χ1n) is 3.06. The maximum absolute atomic E-state index is 10.6. The van der Waals surface area contributed by atoms with Crippen molar-refractivity contribution in [3.05, 3.63) is 35.0 Å². The molecule has 1 aromatic carbocycles. The molecule has 0 atom stereocenters. The maximum atomic E-state index is 10.6. The average Bonchev–Trinajstić information content (AvgIpc) is 1.86. The molecule has 0 heterocycles. The first-order valence-corrected chi connectivity index (χ1v) is 4.55. The second kappa shape index (κ2) is 5.74. The molecule has 6 heteroatoms. The summed E-state index contributed by atoms with van der Waals surface area (Å²) in [4.78, 5) is 0.0445. The summed E-state index contributed by atoms with van der Waals surface area (Å²) < 4.78 is 21.2. The first kappa shape index (κ1) is 15.6. The third kappa shape index (κ3) is 4.75. The van der Waals surface area contributed by atoms with Gasteiger partial charge in [0.1, 0.15) is 0 Å². The Labute approximate surface area is 99.8 Å². The van der Waals surface area contributed by atoms with Crippen LogP contribution in [-0.4, -0.2) is 13.9 Å². The normalized spacial score (nSPS) is 9.69. The van der Waals surface area contributed by atoms with E-state index in [0.29, 0.717) is 0 Å². The Kier molecular flexibility index (Phi) is 6.87. The Morgan fingerprint density at radius 1 is 1.15 bits per heavy atom. The Bertz CT molecular complexity index is 347. The van der Waals surface area contributed by atoms with E-state index in [1.807, 2.05) is 6.92 Å². The molecule has 0 aromatic heterocycles. The zero-order valence-electron chi connectivity index (χ0n) is 7.53. The van der Waals surface area contributed by atoms with Crippen LogP contribution < -0.4 is 29.6 Å². The van der Waals surface area contributed by atoms with Crippen LogP contribution in [0.4, 0.5) is 0 Å². The van der Waals surface area contributed by atoms with Crippen molar-refractivity contribution in [2.75, 3.05) is 0 Å². The smallest absolute Gasteiger partial charge is 0.560 e. The third-order valence-corrected chi connectivity index (χ3v) is 2.22. The van der Waals surface area contributed by atoms with Crippen molar-refractivity contribution in [2.24, 2.45) is 0 Å². The second-order valence-corrected chi connectivity index (χ2v) is 3.79. The van der Waals surface area contributed by atoms with Crippen LogP contribution in [0.2, 0.25) is 0 Å². The van der Waals surface area contributed by atoms with E-state index in [4.69, 9.17) is 5.14 Å². The summed E-state index contributed by atoms with van der Waals surface area (Å²) >= 11 is 0. The van der Waals surface area contributed by atoms with Crippen LogP contribution in [0.5, 0.6) is 0 Å². The van der Waals surface area contributed by atoms with Gasteiger partial charge in [0.25, 0.3) is 0 Å². The summed E-state index contributed by atoms with van der Waals surface area (Å²) in [6.07, 6.45) is 0. The van der Waals surface area contributed by atoms with Gasteiger partial charge in [0, 0.05) is 4.90 Å². The molecule has 0 aliphatic heterocycles. The molecule has 0 saturated heterocycles. The van der Waals surface area contributed by atoms with Gasteiger partial charge >= 0.3 is 29.6 Å². The summed E-state index contributed by atoms with van der Waals surface area (Å²) in [5, 5.41) is 6.72. The largest absolute Gasteiger partial charge is 1.00 e. The molecule has 0 aliphatic rings. The van der Waals surface area contributed by atoms with Gasteiger partial charge in [-0.1, -0.05) is 17.7 Å². The number of rotatable bonds is 1. The van der Waals surface area contributed by atoms with E-state index in [1.165, 1.54) is 12.1 Å². The molecule has 0 spiro atoms. The Balaban J connectivity index is 0. The van der Waals surface area contributed by atoms with Crippen LogP contribution in [0, 0.1) is 6.92 Å². The number of hydrogen-bond donors (Lipinski definition) is 0. The minimum Gasteiger partial charge on any atom is -0.560 e. The van der Waals surface area contributed by atoms with Gasteiger partial charge in [0.2, 0.25) is 0 Å². The molecule has 68 valence electrons. The molecule has 0 amide bonds. The summed E-state index contributed by atoms with van der Waals surface area (Å²) in [7, 11) is -3.77. The topological polar surface area (TPSA) is 89.4 Å². The number of hydrogen-bond acceptors (Lipinski definition) is 2. The van der Waals surface area contributed by atoms with E-state index in [-0.39, 0.29) is 39.9 Å². The average molecular weight is 211 g/mol. The summed E-state index contributed by atoms with van der Waals surface area (Å²) in [6.45, 7) is 1.86. The van der Waals surface area contributed by atoms with E-state index in [9.17, 15) is 8.42 Å². The minimum absolute atomic E-state index is 0. The van der Waals surface area contributed by atoms with Gasteiger partial charge in [-0.3, -0.25) is 0 Å². The van der Waals surface area contributed by atoms with Crippen LogP contribution in [0.1, 0.15) is 5.56 Å². The van der Waals surface area contributed by atoms with Crippen LogP contribution in [-0.2, 0) is 10.0 Å². The van der Waals surface area contributed by atoms with Crippen molar-refractivity contribution in [1.29, 1.82) is 0 Å². The Hall–Kier alpha value is 0.0900. The van der Waals surface area contributed by atoms with Crippen molar-refractivity contribution in [3.8, 4) is 0 Å². The summed E-state index contributed by atoms with van der Waals surface area (Å²) in [6, 6.07) is 6.19. The van der Waals surface area contributed by atoms with E-state index in [0.717, 1.165) is 5.56 Å². The van der Waals surface area contributed by atoms with Gasteiger partial charge in [0.05, 0.1) is 10.0 Å². The van der Waals surface area contributed by atoms with Crippen LogP contribution in [0.3, 0.4) is 0 Å². The number of aryl methyl sites for hydroxylation is 1. The molecule has 0 radical (unpaired) electrons. The molecule has 0 bridgehead atoms. The molecule has 3 N–H and O–H groups in total. The van der Waals surface area contributed by atoms with Gasteiger partial charge in [-0.2, -0.15) is 0 Å². The molecule has 0 fully saturated rings. The monoisotopic (exact) mass is 211 g/mol. The van der Waals surface area contributed by atoms with Crippen LogP contribution >= 0.6 is 0 Å². The van der Waals surface area contributed by atoms with Gasteiger partial charge < -0.3 is 10.6 Å². The molecule has 0 aliphatic carbocycles. The standard InChI is InChI=1S/C7H8NO2S.Na.H2O/c1-6-2-4-7(5-3-6)11(8,9)10;;/h2-5H,1H3,(H-,8,9,10);;1H2/q-1;+1;. The van der Waals surface area contributed by atoms with Gasteiger partial charge in [-0.05, 0) is 19.1 Å². The molecular formula is C7H10NNaO3S. The third-order valence-electron chi connectivity index (χ3n) is 1.33. The molecule has 0 saturated carbocycles. The number of nitrogens with one attached hydrogen (secondary N) is 1. The predicted octanol–water partition coefficient (Wildman–Crippen LogP) is -2.08. The molecule has 1 aromatic rings. The number of sulfonamides is 1. The summed E-state index contributed by atoms with van der Waals surface area (Å²) in [5.41, 5.74) is 0.984. The molecule has 0 unspecified atom stereocenters. The van der Waals surface area contributed by atoms with E-state index < -0.39 is 10.0 Å².